The summed E-state index contributed by atoms with van der Waals surface area (Å²) in [6.07, 6.45) is 1.37. The Morgan fingerprint density at radius 3 is 2.88 bits per heavy atom. The number of hydrogen-bond acceptors (Lipinski definition) is 3. The van der Waals surface area contributed by atoms with E-state index in [1.165, 1.54) is 0 Å². The number of alkyl halides is 1. The van der Waals surface area contributed by atoms with Gasteiger partial charge in [0.25, 0.3) is 0 Å². The third-order valence-corrected chi connectivity index (χ3v) is 3.18. The predicted molar refractivity (Wildman–Crippen MR) is 65.3 cm³/mol. The third-order valence-electron chi connectivity index (χ3n) is 2.75. The highest BCUT2D eigenvalue weighted by Crippen LogP contribution is 2.28. The maximum absolute atomic E-state index is 9.00. The molecule has 0 spiro atoms. The van der Waals surface area contributed by atoms with Crippen molar-refractivity contribution in [3.8, 4) is 6.07 Å². The maximum Gasteiger partial charge on any atom is 0.135 e. The maximum atomic E-state index is 9.00. The normalized spacial score (nSPS) is 29.4. The molecule has 16 heavy (non-hydrogen) atoms. The van der Waals surface area contributed by atoms with Crippen LogP contribution in [-0.4, -0.2) is 17.6 Å². The molecule has 4 heteroatoms. The van der Waals surface area contributed by atoms with Gasteiger partial charge in [-0.05, 0) is 25.1 Å². The zero-order chi connectivity index (χ0) is 11.4. The van der Waals surface area contributed by atoms with Crippen LogP contribution in [0.15, 0.2) is 30.3 Å². The van der Waals surface area contributed by atoms with Gasteiger partial charge in [0.2, 0.25) is 0 Å². The van der Waals surface area contributed by atoms with Gasteiger partial charge in [-0.2, -0.15) is 5.26 Å². The molecule has 2 rings (SSSR count). The Morgan fingerprint density at radius 1 is 1.44 bits per heavy atom. The van der Waals surface area contributed by atoms with E-state index in [9.17, 15) is 0 Å². The topological polar surface area (TPSA) is 47.9 Å². The summed E-state index contributed by atoms with van der Waals surface area (Å²) in [5.41, 5.74) is 1.04. The van der Waals surface area contributed by atoms with Crippen molar-refractivity contribution in [1.82, 2.24) is 5.32 Å². The number of hydrogen-bond donors (Lipinski definition) is 2. The van der Waals surface area contributed by atoms with E-state index in [1.807, 2.05) is 30.3 Å². The van der Waals surface area contributed by atoms with E-state index in [0.29, 0.717) is 12.8 Å². The molecule has 2 unspecified atom stereocenters. The molecule has 84 valence electrons. The van der Waals surface area contributed by atoms with Crippen molar-refractivity contribution in [2.24, 2.45) is 0 Å². The van der Waals surface area contributed by atoms with Crippen molar-refractivity contribution >= 4 is 17.3 Å². The summed E-state index contributed by atoms with van der Waals surface area (Å²) < 4.78 is 0. The van der Waals surface area contributed by atoms with Crippen molar-refractivity contribution in [3.63, 3.8) is 0 Å². The summed E-state index contributed by atoms with van der Waals surface area (Å²) in [6, 6.07) is 12.1. The van der Waals surface area contributed by atoms with Gasteiger partial charge in [-0.15, -0.1) is 11.6 Å². The molecular weight excluding hydrogens is 222 g/mol. The summed E-state index contributed by atoms with van der Waals surface area (Å²) in [4.78, 5) is -0.725. The van der Waals surface area contributed by atoms with Gasteiger partial charge in [-0.25, -0.2) is 0 Å². The lowest BCUT2D eigenvalue weighted by Gasteiger charge is -2.33. The molecule has 1 aliphatic heterocycles. The van der Waals surface area contributed by atoms with Crippen LogP contribution in [-0.2, 0) is 0 Å². The summed E-state index contributed by atoms with van der Waals surface area (Å²) in [5.74, 6) is 0. The third kappa shape index (κ3) is 2.66. The number of para-hydroxylation sites is 1. The molecule has 3 nitrogen and oxygen atoms in total. The van der Waals surface area contributed by atoms with Crippen LogP contribution in [0.2, 0.25) is 0 Å². The summed E-state index contributed by atoms with van der Waals surface area (Å²) in [5, 5.41) is 15.6. The number of rotatable bonds is 2. The lowest BCUT2D eigenvalue weighted by molar-refractivity contribution is 0.395. The largest absolute Gasteiger partial charge is 0.370 e. The first-order valence-corrected chi connectivity index (χ1v) is 5.75. The average Bonchev–Trinajstić information content (AvgIpc) is 2.30. The van der Waals surface area contributed by atoms with Gasteiger partial charge in [0, 0.05) is 12.1 Å². The zero-order valence-corrected chi connectivity index (χ0v) is 9.67. The minimum atomic E-state index is -0.725. The van der Waals surface area contributed by atoms with Crippen LogP contribution in [0.1, 0.15) is 12.8 Å². The minimum absolute atomic E-state index is 0.0632. The van der Waals surface area contributed by atoms with Crippen LogP contribution >= 0.6 is 11.6 Å². The Morgan fingerprint density at radius 2 is 2.19 bits per heavy atom. The highest BCUT2D eigenvalue weighted by atomic mass is 35.5. The number of halogens is 1. The average molecular weight is 236 g/mol. The molecule has 0 bridgehead atoms. The standard InChI is InChI=1S/C12H14ClN3/c13-12(9-14)6-7-15-11(8-12)16-10-4-2-1-3-5-10/h1-5,11,15-16H,6-8H2. The Bertz CT molecular complexity index is 387. The summed E-state index contributed by atoms with van der Waals surface area (Å²) >= 11 is 6.18. The van der Waals surface area contributed by atoms with E-state index in [0.717, 1.165) is 12.2 Å². The SMILES string of the molecule is N#CC1(Cl)CCNC(Nc2ccccc2)C1. The fraction of sp³-hybridized carbons (Fsp3) is 0.417. The van der Waals surface area contributed by atoms with Gasteiger partial charge in [-0.1, -0.05) is 18.2 Å². The number of nitrogens with one attached hydrogen (secondary N) is 2. The Balaban J connectivity index is 1.99. The summed E-state index contributed by atoms with van der Waals surface area (Å²) in [6.45, 7) is 0.765. The van der Waals surface area contributed by atoms with Crippen LogP contribution in [0.3, 0.4) is 0 Å². The highest BCUT2D eigenvalue weighted by Gasteiger charge is 2.34. The van der Waals surface area contributed by atoms with E-state index in [2.05, 4.69) is 16.7 Å². The number of benzene rings is 1. The molecule has 2 N–H and O–H groups in total. The van der Waals surface area contributed by atoms with E-state index in [1.54, 1.807) is 0 Å². The van der Waals surface area contributed by atoms with Gasteiger partial charge < -0.3 is 5.32 Å². The molecule has 1 heterocycles. The second kappa shape index (κ2) is 4.73. The Hall–Kier alpha value is -1.24. The zero-order valence-electron chi connectivity index (χ0n) is 8.91. The van der Waals surface area contributed by atoms with E-state index >= 15 is 0 Å². The van der Waals surface area contributed by atoms with Crippen LogP contribution in [0.25, 0.3) is 0 Å². The first kappa shape index (κ1) is 11.3. The fourth-order valence-electron chi connectivity index (χ4n) is 1.88. The van der Waals surface area contributed by atoms with Gasteiger partial charge in [0.1, 0.15) is 4.87 Å². The van der Waals surface area contributed by atoms with E-state index in [-0.39, 0.29) is 6.17 Å². The first-order chi connectivity index (χ1) is 7.72. The molecule has 0 aliphatic carbocycles. The van der Waals surface area contributed by atoms with Gasteiger partial charge in [0.15, 0.2) is 0 Å². The molecule has 1 saturated heterocycles. The fourth-order valence-corrected chi connectivity index (χ4v) is 2.13. The highest BCUT2D eigenvalue weighted by molar-refractivity contribution is 6.25. The van der Waals surface area contributed by atoms with Gasteiger partial charge in [0.05, 0.1) is 12.2 Å². The number of nitrogens with zero attached hydrogens (tertiary/aromatic N) is 1. The molecule has 1 fully saturated rings. The molecule has 0 radical (unpaired) electrons. The lowest BCUT2D eigenvalue weighted by Crippen LogP contribution is -2.48. The quantitative estimate of drug-likeness (QED) is 0.774. The first-order valence-electron chi connectivity index (χ1n) is 5.37. The molecule has 2 atom stereocenters. The van der Waals surface area contributed by atoms with Crippen LogP contribution in [0.5, 0.6) is 0 Å². The van der Waals surface area contributed by atoms with Crippen molar-refractivity contribution in [3.05, 3.63) is 30.3 Å². The number of nitriles is 1. The monoisotopic (exact) mass is 235 g/mol. The molecule has 0 amide bonds. The molecule has 1 aromatic rings. The van der Waals surface area contributed by atoms with Crippen LogP contribution in [0, 0.1) is 11.3 Å². The van der Waals surface area contributed by atoms with Gasteiger partial charge in [-0.3, -0.25) is 5.32 Å². The second-order valence-electron chi connectivity index (χ2n) is 4.05. The lowest BCUT2D eigenvalue weighted by atomic mass is 9.96. The number of anilines is 1. The van der Waals surface area contributed by atoms with Crippen molar-refractivity contribution < 1.29 is 0 Å². The molecular formula is C12H14ClN3. The summed E-state index contributed by atoms with van der Waals surface area (Å²) in [7, 11) is 0. The second-order valence-corrected chi connectivity index (χ2v) is 4.77. The molecule has 1 aromatic carbocycles. The van der Waals surface area contributed by atoms with Crippen LogP contribution in [0.4, 0.5) is 5.69 Å². The van der Waals surface area contributed by atoms with Crippen molar-refractivity contribution in [1.29, 1.82) is 5.26 Å². The number of piperidine rings is 1. The predicted octanol–water partition coefficient (Wildman–Crippen LogP) is 2.31. The smallest absolute Gasteiger partial charge is 0.135 e. The minimum Gasteiger partial charge on any atom is -0.370 e. The van der Waals surface area contributed by atoms with Crippen LogP contribution < -0.4 is 10.6 Å². The molecule has 0 saturated carbocycles. The van der Waals surface area contributed by atoms with Gasteiger partial charge >= 0.3 is 0 Å². The Kier molecular flexibility index (Phi) is 3.33. The van der Waals surface area contributed by atoms with E-state index in [4.69, 9.17) is 16.9 Å². The molecule has 1 aliphatic rings. The molecule has 0 aromatic heterocycles. The van der Waals surface area contributed by atoms with Crippen molar-refractivity contribution in [2.45, 2.75) is 23.9 Å². The van der Waals surface area contributed by atoms with E-state index < -0.39 is 4.87 Å². The van der Waals surface area contributed by atoms with Crippen molar-refractivity contribution in [2.75, 3.05) is 11.9 Å². The Labute approximate surface area is 100 Å².